The second-order valence-corrected chi connectivity index (χ2v) is 7.35. The van der Waals surface area contributed by atoms with Crippen molar-refractivity contribution in [3.8, 4) is 5.88 Å². The maximum atomic E-state index is 12.3. The van der Waals surface area contributed by atoms with Gasteiger partial charge in [-0.3, -0.25) is 19.3 Å². The highest BCUT2D eigenvalue weighted by atomic mass is 16.3. The zero-order chi connectivity index (χ0) is 18.0. The third kappa shape index (κ3) is 3.71. The number of aliphatic imine (C=N–C) groups is 1. The Labute approximate surface area is 147 Å². The Hall–Kier alpha value is -1.89. The van der Waals surface area contributed by atoms with Gasteiger partial charge in [0.25, 0.3) is 5.56 Å². The lowest BCUT2D eigenvalue weighted by Crippen LogP contribution is -2.38. The summed E-state index contributed by atoms with van der Waals surface area (Å²) in [6.45, 7) is 1.71. The summed E-state index contributed by atoms with van der Waals surface area (Å²) in [6, 6.07) is -0.127. The van der Waals surface area contributed by atoms with Gasteiger partial charge in [-0.15, -0.1) is 0 Å². The van der Waals surface area contributed by atoms with Gasteiger partial charge in [-0.05, 0) is 32.6 Å². The first-order chi connectivity index (χ1) is 12.0. The lowest BCUT2D eigenvalue weighted by Gasteiger charge is -2.27. The van der Waals surface area contributed by atoms with Crippen LogP contribution in [0, 0.1) is 0 Å². The van der Waals surface area contributed by atoms with Gasteiger partial charge in [-0.2, -0.15) is 0 Å². The summed E-state index contributed by atoms with van der Waals surface area (Å²) < 4.78 is 1.34. The van der Waals surface area contributed by atoms with Gasteiger partial charge < -0.3 is 10.8 Å². The van der Waals surface area contributed by atoms with Gasteiger partial charge in [-0.1, -0.05) is 32.1 Å². The number of hydrogen-bond acceptors (Lipinski definition) is 5. The molecular weight excluding hydrogens is 320 g/mol. The molecule has 0 unspecified atom stereocenters. The van der Waals surface area contributed by atoms with E-state index < -0.39 is 11.2 Å². The molecule has 0 saturated heterocycles. The maximum absolute atomic E-state index is 12.3. The van der Waals surface area contributed by atoms with Crippen LogP contribution in [-0.4, -0.2) is 32.5 Å². The van der Waals surface area contributed by atoms with Gasteiger partial charge in [0.15, 0.2) is 0 Å². The van der Waals surface area contributed by atoms with Crippen molar-refractivity contribution >= 4 is 5.71 Å². The van der Waals surface area contributed by atoms with E-state index in [2.05, 4.69) is 9.98 Å². The van der Waals surface area contributed by atoms with Gasteiger partial charge in [-0.25, -0.2) is 4.79 Å². The lowest BCUT2D eigenvalue weighted by molar-refractivity contribution is 0.298. The molecule has 25 heavy (non-hydrogen) atoms. The Bertz CT molecular complexity index is 759. The van der Waals surface area contributed by atoms with Crippen molar-refractivity contribution in [2.75, 3.05) is 0 Å². The van der Waals surface area contributed by atoms with E-state index in [0.717, 1.165) is 57.8 Å². The van der Waals surface area contributed by atoms with E-state index >= 15 is 0 Å². The molecule has 138 valence electrons. The molecule has 1 aromatic rings. The minimum Gasteiger partial charge on any atom is -0.494 e. The highest BCUT2D eigenvalue weighted by Gasteiger charge is 2.26. The zero-order valence-corrected chi connectivity index (χ0v) is 14.8. The number of hydrogen-bond donors (Lipinski definition) is 3. The number of aromatic hydroxyl groups is 1. The number of nitrogens with one attached hydrogen (secondary N) is 1. The minimum absolute atomic E-state index is 0.0193. The minimum atomic E-state index is -0.583. The van der Waals surface area contributed by atoms with Gasteiger partial charge in [0.05, 0.1) is 11.8 Å². The monoisotopic (exact) mass is 348 g/mol. The first-order valence-electron chi connectivity index (χ1n) is 9.37. The SMILES string of the molecule is CC(=N[C@@H]1CCCC[C@@H]1N)c1c(O)n(C2CCCCC2)c(=O)[nH]c1=O. The predicted octanol–water partition coefficient (Wildman–Crippen LogP) is 1.83. The van der Waals surface area contributed by atoms with Crippen molar-refractivity contribution < 1.29 is 5.11 Å². The van der Waals surface area contributed by atoms with Crippen LogP contribution in [0.1, 0.15) is 76.3 Å². The van der Waals surface area contributed by atoms with Crippen molar-refractivity contribution in [3.05, 3.63) is 26.4 Å². The Balaban J connectivity index is 2.00. The average Bonchev–Trinajstić information content (AvgIpc) is 2.57. The van der Waals surface area contributed by atoms with Gasteiger partial charge >= 0.3 is 5.69 Å². The van der Waals surface area contributed by atoms with Crippen molar-refractivity contribution in [3.63, 3.8) is 0 Å². The molecule has 2 fully saturated rings. The van der Waals surface area contributed by atoms with E-state index in [4.69, 9.17) is 5.73 Å². The van der Waals surface area contributed by atoms with Crippen LogP contribution >= 0.6 is 0 Å². The summed E-state index contributed by atoms with van der Waals surface area (Å²) in [6.07, 6.45) is 8.84. The summed E-state index contributed by atoms with van der Waals surface area (Å²) in [5, 5.41) is 10.7. The molecule has 0 aromatic carbocycles. The molecule has 2 saturated carbocycles. The molecule has 0 bridgehead atoms. The van der Waals surface area contributed by atoms with Crippen LogP contribution in [0.5, 0.6) is 5.88 Å². The fourth-order valence-corrected chi connectivity index (χ4v) is 4.16. The van der Waals surface area contributed by atoms with Gasteiger partial charge in [0, 0.05) is 12.1 Å². The molecule has 2 atom stereocenters. The Morgan fingerprint density at radius 1 is 1.12 bits per heavy atom. The van der Waals surface area contributed by atoms with Crippen molar-refractivity contribution in [1.82, 2.24) is 9.55 Å². The molecule has 4 N–H and O–H groups in total. The van der Waals surface area contributed by atoms with Gasteiger partial charge in [0.2, 0.25) is 5.88 Å². The van der Waals surface area contributed by atoms with Crippen LogP contribution in [0.15, 0.2) is 14.6 Å². The fourth-order valence-electron chi connectivity index (χ4n) is 4.16. The molecule has 7 heteroatoms. The molecule has 1 aromatic heterocycles. The first kappa shape index (κ1) is 17.9. The number of H-pyrrole nitrogens is 1. The van der Waals surface area contributed by atoms with Crippen molar-refractivity contribution in [2.45, 2.75) is 82.8 Å². The maximum Gasteiger partial charge on any atom is 0.331 e. The average molecular weight is 348 g/mol. The molecule has 0 spiro atoms. The zero-order valence-electron chi connectivity index (χ0n) is 14.8. The van der Waals surface area contributed by atoms with Gasteiger partial charge in [0.1, 0.15) is 5.56 Å². The fraction of sp³-hybridized carbons (Fsp3) is 0.722. The summed E-state index contributed by atoms with van der Waals surface area (Å²) in [5.74, 6) is -0.258. The summed E-state index contributed by atoms with van der Waals surface area (Å²) in [7, 11) is 0. The van der Waals surface area contributed by atoms with Crippen molar-refractivity contribution in [1.29, 1.82) is 0 Å². The normalized spacial score (nSPS) is 25.9. The quantitative estimate of drug-likeness (QED) is 0.723. The third-order valence-electron chi connectivity index (χ3n) is 5.56. The van der Waals surface area contributed by atoms with Crippen LogP contribution in [0.4, 0.5) is 0 Å². The third-order valence-corrected chi connectivity index (χ3v) is 5.56. The second-order valence-electron chi connectivity index (χ2n) is 7.35. The Morgan fingerprint density at radius 2 is 1.76 bits per heavy atom. The number of aromatic nitrogens is 2. The largest absolute Gasteiger partial charge is 0.494 e. The summed E-state index contributed by atoms with van der Waals surface area (Å²) in [5.41, 5.74) is 5.57. The highest BCUT2D eigenvalue weighted by Crippen LogP contribution is 2.30. The summed E-state index contributed by atoms with van der Waals surface area (Å²) in [4.78, 5) is 31.6. The van der Waals surface area contributed by atoms with Crippen LogP contribution in [-0.2, 0) is 0 Å². The molecule has 3 rings (SSSR count). The molecule has 2 aliphatic carbocycles. The number of aromatic amines is 1. The molecule has 1 heterocycles. The van der Waals surface area contributed by atoms with Crippen LogP contribution in [0.2, 0.25) is 0 Å². The standard InChI is InChI=1S/C18H28N4O3/c1-11(20-14-10-6-5-9-13(14)19)15-16(23)21-18(25)22(17(15)24)12-7-3-2-4-8-12/h12-14,24H,2-10,19H2,1H3,(H,21,23,25)/t13-,14+/m0/s1. The van der Waals surface area contributed by atoms with E-state index in [1.165, 1.54) is 4.57 Å². The number of nitrogens with two attached hydrogens (primary N) is 1. The van der Waals surface area contributed by atoms with Crippen LogP contribution in [0.3, 0.4) is 0 Å². The van der Waals surface area contributed by atoms with E-state index in [1.54, 1.807) is 6.92 Å². The smallest absolute Gasteiger partial charge is 0.331 e. The predicted molar refractivity (Wildman–Crippen MR) is 97.6 cm³/mol. The van der Waals surface area contributed by atoms with E-state index in [9.17, 15) is 14.7 Å². The Morgan fingerprint density at radius 3 is 2.44 bits per heavy atom. The van der Waals surface area contributed by atoms with E-state index in [-0.39, 0.29) is 29.6 Å². The second kappa shape index (κ2) is 7.56. The van der Waals surface area contributed by atoms with Crippen molar-refractivity contribution in [2.24, 2.45) is 10.7 Å². The van der Waals surface area contributed by atoms with Crippen LogP contribution in [0.25, 0.3) is 0 Å². The first-order valence-corrected chi connectivity index (χ1v) is 9.37. The molecule has 7 nitrogen and oxygen atoms in total. The van der Waals surface area contributed by atoms with Crippen LogP contribution < -0.4 is 17.0 Å². The molecule has 0 amide bonds. The molecular formula is C18H28N4O3. The molecule has 0 radical (unpaired) electrons. The molecule has 0 aliphatic heterocycles. The number of nitrogens with zero attached hydrogens (tertiary/aromatic N) is 2. The lowest BCUT2D eigenvalue weighted by atomic mass is 9.91. The summed E-state index contributed by atoms with van der Waals surface area (Å²) >= 11 is 0. The highest BCUT2D eigenvalue weighted by molar-refractivity contribution is 6.00. The van der Waals surface area contributed by atoms with E-state index in [0.29, 0.717) is 5.71 Å². The topological polar surface area (TPSA) is 113 Å². The number of rotatable bonds is 3. The Kier molecular flexibility index (Phi) is 5.42. The molecule has 2 aliphatic rings. The van der Waals surface area contributed by atoms with E-state index in [1.807, 2.05) is 0 Å².